The zero-order valence-corrected chi connectivity index (χ0v) is 12.7. The van der Waals surface area contributed by atoms with Crippen molar-refractivity contribution in [2.24, 2.45) is 0 Å². The van der Waals surface area contributed by atoms with E-state index in [9.17, 15) is 13.6 Å². The highest BCUT2D eigenvalue weighted by atomic mass is 19.1. The lowest BCUT2D eigenvalue weighted by Gasteiger charge is -2.35. The minimum atomic E-state index is -0.532. The molecule has 1 saturated heterocycles. The van der Waals surface area contributed by atoms with Gasteiger partial charge in [0.05, 0.1) is 18.2 Å². The van der Waals surface area contributed by atoms with Crippen LogP contribution in [-0.2, 0) is 11.3 Å². The molecule has 1 amide bonds. The van der Waals surface area contributed by atoms with Gasteiger partial charge < -0.3 is 9.80 Å². The number of hydrogen-bond donors (Lipinski definition) is 0. The Morgan fingerprint density at radius 2 is 2.04 bits per heavy atom. The highest BCUT2D eigenvalue weighted by Gasteiger charge is 2.25. The molecule has 7 heteroatoms. The highest BCUT2D eigenvalue weighted by Crippen LogP contribution is 2.18. The van der Waals surface area contributed by atoms with E-state index in [1.165, 1.54) is 11.1 Å². The number of aromatic nitrogens is 1. The van der Waals surface area contributed by atoms with E-state index in [0.29, 0.717) is 24.5 Å². The quantitative estimate of drug-likeness (QED) is 0.865. The molecule has 0 aliphatic carbocycles. The van der Waals surface area contributed by atoms with Crippen LogP contribution in [0.3, 0.4) is 0 Å². The van der Waals surface area contributed by atoms with Gasteiger partial charge in [0, 0.05) is 31.4 Å². The van der Waals surface area contributed by atoms with Crippen LogP contribution in [0.2, 0.25) is 0 Å². The maximum Gasteiger partial charge on any atom is 0.242 e. The fraction of sp³-hybridized carbons (Fsp3) is 0.235. The first kappa shape index (κ1) is 15.9. The summed E-state index contributed by atoms with van der Waals surface area (Å²) >= 11 is 0. The standard InChI is InChI=1S/C17H14F2N4O/c18-14-1-2-15(19)13(8-14)10-23-6-5-22(11-17(23)24)16-7-12(9-20)3-4-21-16/h1-4,7-8H,5-6,10-11H2. The molecule has 1 fully saturated rings. The van der Waals surface area contributed by atoms with Gasteiger partial charge in [0.1, 0.15) is 17.5 Å². The van der Waals surface area contributed by atoms with Gasteiger partial charge in [-0.2, -0.15) is 5.26 Å². The van der Waals surface area contributed by atoms with E-state index in [0.717, 1.165) is 18.2 Å². The number of hydrogen-bond acceptors (Lipinski definition) is 4. The summed E-state index contributed by atoms with van der Waals surface area (Å²) in [6.45, 7) is 0.985. The summed E-state index contributed by atoms with van der Waals surface area (Å²) in [6.07, 6.45) is 1.52. The molecule has 5 nitrogen and oxygen atoms in total. The SMILES string of the molecule is N#Cc1ccnc(N2CCN(Cc3cc(F)ccc3F)C(=O)C2)c1. The van der Waals surface area contributed by atoms with Crippen LogP contribution in [0, 0.1) is 23.0 Å². The Labute approximate surface area is 137 Å². The van der Waals surface area contributed by atoms with E-state index >= 15 is 0 Å². The summed E-state index contributed by atoms with van der Waals surface area (Å²) in [5.41, 5.74) is 0.623. The van der Waals surface area contributed by atoms with Crippen LogP contribution in [0.25, 0.3) is 0 Å². The number of nitriles is 1. The summed E-state index contributed by atoms with van der Waals surface area (Å²) in [6, 6.07) is 8.45. The fourth-order valence-corrected chi connectivity index (χ4v) is 2.60. The molecule has 122 valence electrons. The molecule has 0 unspecified atom stereocenters. The molecule has 1 aromatic carbocycles. The van der Waals surface area contributed by atoms with Crippen LogP contribution in [0.4, 0.5) is 14.6 Å². The lowest BCUT2D eigenvalue weighted by Crippen LogP contribution is -2.50. The molecule has 24 heavy (non-hydrogen) atoms. The predicted molar refractivity (Wildman–Crippen MR) is 82.9 cm³/mol. The maximum atomic E-state index is 13.7. The minimum absolute atomic E-state index is 0.0297. The third-order valence-electron chi connectivity index (χ3n) is 3.89. The number of nitrogens with zero attached hydrogens (tertiary/aromatic N) is 4. The third-order valence-corrected chi connectivity index (χ3v) is 3.89. The molecule has 0 spiro atoms. The van der Waals surface area contributed by atoms with Crippen molar-refractivity contribution in [2.75, 3.05) is 24.5 Å². The Hall–Kier alpha value is -3.01. The van der Waals surface area contributed by atoms with Crippen molar-refractivity contribution in [2.45, 2.75) is 6.54 Å². The third kappa shape index (κ3) is 3.33. The van der Waals surface area contributed by atoms with Gasteiger partial charge >= 0.3 is 0 Å². The first-order valence-electron chi connectivity index (χ1n) is 7.39. The van der Waals surface area contributed by atoms with Gasteiger partial charge in [0.15, 0.2) is 0 Å². The lowest BCUT2D eigenvalue weighted by atomic mass is 10.1. The first-order chi connectivity index (χ1) is 11.6. The summed E-state index contributed by atoms with van der Waals surface area (Å²) < 4.78 is 27.0. The summed E-state index contributed by atoms with van der Waals surface area (Å²) in [5, 5.41) is 8.93. The van der Waals surface area contributed by atoms with Crippen molar-refractivity contribution in [3.8, 4) is 6.07 Å². The average molecular weight is 328 g/mol. The molecule has 2 aromatic rings. The van der Waals surface area contributed by atoms with Gasteiger partial charge in [0.25, 0.3) is 0 Å². The van der Waals surface area contributed by atoms with Crippen LogP contribution in [0.5, 0.6) is 0 Å². The van der Waals surface area contributed by atoms with Crippen molar-refractivity contribution in [1.82, 2.24) is 9.88 Å². The number of carbonyl (C=O) groups excluding carboxylic acids is 1. The van der Waals surface area contributed by atoms with E-state index in [-0.39, 0.29) is 24.6 Å². The molecule has 2 heterocycles. The Balaban J connectivity index is 1.70. The van der Waals surface area contributed by atoms with Crippen molar-refractivity contribution in [3.63, 3.8) is 0 Å². The van der Waals surface area contributed by atoms with Gasteiger partial charge in [-0.05, 0) is 30.3 Å². The summed E-state index contributed by atoms with van der Waals surface area (Å²) in [5.74, 6) is -0.710. The van der Waals surface area contributed by atoms with Gasteiger partial charge in [-0.3, -0.25) is 4.79 Å². The highest BCUT2D eigenvalue weighted by molar-refractivity contribution is 5.82. The lowest BCUT2D eigenvalue weighted by molar-refractivity contribution is -0.131. The van der Waals surface area contributed by atoms with Gasteiger partial charge in [0.2, 0.25) is 5.91 Å². The number of pyridine rings is 1. The van der Waals surface area contributed by atoms with E-state index in [1.54, 1.807) is 17.0 Å². The van der Waals surface area contributed by atoms with Crippen LogP contribution in [-0.4, -0.2) is 35.4 Å². The number of amides is 1. The smallest absolute Gasteiger partial charge is 0.242 e. The fourth-order valence-electron chi connectivity index (χ4n) is 2.60. The largest absolute Gasteiger partial charge is 0.345 e. The van der Waals surface area contributed by atoms with E-state index < -0.39 is 11.6 Å². The zero-order valence-electron chi connectivity index (χ0n) is 12.7. The van der Waals surface area contributed by atoms with Crippen LogP contribution >= 0.6 is 0 Å². The molecule has 0 saturated carbocycles. The second-order valence-electron chi connectivity index (χ2n) is 5.49. The molecule has 0 bridgehead atoms. The Morgan fingerprint density at radius 1 is 1.21 bits per heavy atom. The molecule has 0 radical (unpaired) electrons. The maximum absolute atomic E-state index is 13.7. The molecule has 3 rings (SSSR count). The van der Waals surface area contributed by atoms with Crippen LogP contribution < -0.4 is 4.90 Å². The van der Waals surface area contributed by atoms with Crippen LogP contribution in [0.1, 0.15) is 11.1 Å². The van der Waals surface area contributed by atoms with Gasteiger partial charge in [-0.25, -0.2) is 13.8 Å². The number of halogens is 2. The van der Waals surface area contributed by atoms with Gasteiger partial charge in [-0.15, -0.1) is 0 Å². The summed E-state index contributed by atoms with van der Waals surface area (Å²) in [7, 11) is 0. The number of benzene rings is 1. The Morgan fingerprint density at radius 3 is 2.79 bits per heavy atom. The topological polar surface area (TPSA) is 60.2 Å². The van der Waals surface area contributed by atoms with E-state index in [1.807, 2.05) is 6.07 Å². The summed E-state index contributed by atoms with van der Waals surface area (Å²) in [4.78, 5) is 19.7. The van der Waals surface area contributed by atoms with Crippen molar-refractivity contribution in [1.29, 1.82) is 5.26 Å². The second-order valence-corrected chi connectivity index (χ2v) is 5.49. The normalized spacial score (nSPS) is 14.6. The molecular formula is C17H14F2N4O. The van der Waals surface area contributed by atoms with Crippen LogP contribution in [0.15, 0.2) is 36.5 Å². The number of piperazine rings is 1. The first-order valence-corrected chi connectivity index (χ1v) is 7.39. The molecule has 1 aliphatic rings. The average Bonchev–Trinajstić information content (AvgIpc) is 2.60. The number of rotatable bonds is 3. The molecule has 0 atom stereocenters. The number of anilines is 1. The van der Waals surface area contributed by atoms with Crippen molar-refractivity contribution in [3.05, 3.63) is 59.3 Å². The predicted octanol–water partition coefficient (Wildman–Crippen LogP) is 2.08. The Kier molecular flexibility index (Phi) is 4.38. The van der Waals surface area contributed by atoms with E-state index in [4.69, 9.17) is 5.26 Å². The molecule has 0 N–H and O–H groups in total. The Bertz CT molecular complexity index is 818. The van der Waals surface area contributed by atoms with E-state index in [2.05, 4.69) is 4.98 Å². The van der Waals surface area contributed by atoms with Gasteiger partial charge in [-0.1, -0.05) is 0 Å². The van der Waals surface area contributed by atoms with Crippen molar-refractivity contribution < 1.29 is 13.6 Å². The van der Waals surface area contributed by atoms with Crippen molar-refractivity contribution >= 4 is 11.7 Å². The molecule has 1 aliphatic heterocycles. The molecular weight excluding hydrogens is 314 g/mol. The molecule has 1 aromatic heterocycles. The second kappa shape index (κ2) is 6.62. The number of carbonyl (C=O) groups is 1. The monoisotopic (exact) mass is 328 g/mol. The minimum Gasteiger partial charge on any atom is -0.345 e. The zero-order chi connectivity index (χ0) is 17.1.